The average molecular weight is 242 g/mol. The lowest BCUT2D eigenvalue weighted by Gasteiger charge is -2.36. The molecule has 1 heterocycles. The molecule has 2 nitrogen and oxygen atoms in total. The molecule has 1 saturated carbocycles. The van der Waals surface area contributed by atoms with Crippen LogP contribution in [0.3, 0.4) is 0 Å². The van der Waals surface area contributed by atoms with Crippen molar-refractivity contribution in [2.75, 3.05) is 13.2 Å². The van der Waals surface area contributed by atoms with Crippen molar-refractivity contribution in [3.8, 4) is 0 Å². The molecule has 0 amide bonds. The van der Waals surface area contributed by atoms with E-state index >= 15 is 0 Å². The Bertz CT molecular complexity index is 219. The highest BCUT2D eigenvalue weighted by Crippen LogP contribution is 2.40. The van der Waals surface area contributed by atoms with Gasteiger partial charge in [0.1, 0.15) is 0 Å². The van der Waals surface area contributed by atoms with Crippen LogP contribution >= 0.6 is 0 Å². The van der Waals surface area contributed by atoms with Gasteiger partial charge in [0, 0.05) is 20.9 Å². The molecule has 0 radical (unpaired) electrons. The van der Waals surface area contributed by atoms with Crippen molar-refractivity contribution in [2.45, 2.75) is 63.6 Å². The van der Waals surface area contributed by atoms with E-state index < -0.39 is 8.07 Å². The Labute approximate surface area is 101 Å². The van der Waals surface area contributed by atoms with Gasteiger partial charge in [-0.15, -0.1) is 0 Å². The van der Waals surface area contributed by atoms with E-state index in [1.165, 1.54) is 25.3 Å². The molecular formula is C13H26O2Si. The van der Waals surface area contributed by atoms with Gasteiger partial charge in [-0.3, -0.25) is 0 Å². The predicted octanol–water partition coefficient (Wildman–Crippen LogP) is 3.65. The van der Waals surface area contributed by atoms with Gasteiger partial charge in [0.25, 0.3) is 0 Å². The van der Waals surface area contributed by atoms with Crippen molar-refractivity contribution in [3.63, 3.8) is 0 Å². The third-order valence-electron chi connectivity index (χ3n) is 3.98. The van der Waals surface area contributed by atoms with Gasteiger partial charge in [0.2, 0.25) is 0 Å². The molecule has 2 rings (SSSR count). The Hall–Kier alpha value is 0.137. The maximum atomic E-state index is 5.76. The van der Waals surface area contributed by atoms with E-state index in [9.17, 15) is 0 Å². The fourth-order valence-electron chi connectivity index (χ4n) is 2.83. The van der Waals surface area contributed by atoms with Crippen molar-refractivity contribution >= 4 is 8.07 Å². The lowest BCUT2D eigenvalue weighted by molar-refractivity contribution is -0.182. The number of hydrogen-bond donors (Lipinski definition) is 0. The SMILES string of the molecule is C[Si](C)(C)CCC1CCC2(CC1)OCCO2. The minimum atomic E-state index is -0.844. The van der Waals surface area contributed by atoms with Gasteiger partial charge >= 0.3 is 0 Å². The molecule has 2 aliphatic rings. The lowest BCUT2D eigenvalue weighted by Crippen LogP contribution is -2.35. The maximum Gasteiger partial charge on any atom is 0.168 e. The normalized spacial score (nSPS) is 26.4. The highest BCUT2D eigenvalue weighted by molar-refractivity contribution is 6.76. The third-order valence-corrected chi connectivity index (χ3v) is 5.77. The fraction of sp³-hybridized carbons (Fsp3) is 1.00. The first-order chi connectivity index (χ1) is 7.49. The van der Waals surface area contributed by atoms with Crippen LogP contribution in [0, 0.1) is 5.92 Å². The minimum Gasteiger partial charge on any atom is -0.348 e. The Morgan fingerprint density at radius 1 is 1.06 bits per heavy atom. The monoisotopic (exact) mass is 242 g/mol. The summed E-state index contributed by atoms with van der Waals surface area (Å²) in [7, 11) is -0.844. The fourth-order valence-corrected chi connectivity index (χ4v) is 4.10. The molecule has 0 atom stereocenters. The zero-order valence-corrected chi connectivity index (χ0v) is 12.1. The molecule has 0 aromatic carbocycles. The maximum absolute atomic E-state index is 5.76. The van der Waals surface area contributed by atoms with Crippen LogP contribution < -0.4 is 0 Å². The Morgan fingerprint density at radius 3 is 2.12 bits per heavy atom. The van der Waals surface area contributed by atoms with Crippen LogP contribution in [0.25, 0.3) is 0 Å². The van der Waals surface area contributed by atoms with Crippen molar-refractivity contribution in [2.24, 2.45) is 5.92 Å². The molecule has 0 aromatic rings. The second kappa shape index (κ2) is 4.79. The van der Waals surface area contributed by atoms with E-state index in [-0.39, 0.29) is 5.79 Å². The van der Waals surface area contributed by atoms with Crippen LogP contribution in [-0.2, 0) is 9.47 Å². The molecule has 1 spiro atoms. The molecule has 3 heteroatoms. The van der Waals surface area contributed by atoms with Gasteiger partial charge < -0.3 is 9.47 Å². The average Bonchev–Trinajstić information content (AvgIpc) is 2.65. The highest BCUT2D eigenvalue weighted by atomic mass is 28.3. The van der Waals surface area contributed by atoms with Crippen LogP contribution in [0.4, 0.5) is 0 Å². The number of ether oxygens (including phenoxy) is 2. The molecule has 2 fully saturated rings. The van der Waals surface area contributed by atoms with E-state index in [1.807, 2.05) is 0 Å². The summed E-state index contributed by atoms with van der Waals surface area (Å²) in [5.41, 5.74) is 0. The second-order valence-corrected chi connectivity index (χ2v) is 12.3. The Kier molecular flexibility index (Phi) is 3.77. The van der Waals surface area contributed by atoms with E-state index in [2.05, 4.69) is 19.6 Å². The summed E-state index contributed by atoms with van der Waals surface area (Å²) in [4.78, 5) is 0. The predicted molar refractivity (Wildman–Crippen MR) is 69.4 cm³/mol. The topological polar surface area (TPSA) is 18.5 Å². The Morgan fingerprint density at radius 2 is 1.62 bits per heavy atom. The smallest absolute Gasteiger partial charge is 0.168 e. The zero-order valence-electron chi connectivity index (χ0n) is 11.1. The van der Waals surface area contributed by atoms with Crippen molar-refractivity contribution in [3.05, 3.63) is 0 Å². The molecule has 16 heavy (non-hydrogen) atoms. The van der Waals surface area contributed by atoms with E-state index in [4.69, 9.17) is 9.47 Å². The van der Waals surface area contributed by atoms with Gasteiger partial charge in [0.15, 0.2) is 5.79 Å². The molecule has 0 unspecified atom stereocenters. The van der Waals surface area contributed by atoms with Crippen LogP contribution in [-0.4, -0.2) is 27.1 Å². The molecule has 94 valence electrons. The van der Waals surface area contributed by atoms with Crippen LogP contribution in [0.5, 0.6) is 0 Å². The molecule has 0 aromatic heterocycles. The largest absolute Gasteiger partial charge is 0.348 e. The second-order valence-electron chi connectivity index (χ2n) is 6.65. The van der Waals surface area contributed by atoms with Gasteiger partial charge in [0.05, 0.1) is 13.2 Å². The zero-order chi connectivity index (χ0) is 11.6. The molecular weight excluding hydrogens is 216 g/mol. The first-order valence-electron chi connectivity index (χ1n) is 6.77. The van der Waals surface area contributed by atoms with E-state index in [0.717, 1.165) is 32.0 Å². The number of hydrogen-bond acceptors (Lipinski definition) is 2. The molecule has 1 aliphatic heterocycles. The van der Waals surface area contributed by atoms with Gasteiger partial charge in [-0.2, -0.15) is 0 Å². The van der Waals surface area contributed by atoms with E-state index in [0.29, 0.717) is 0 Å². The number of rotatable bonds is 3. The standard InChI is InChI=1S/C13H26O2Si/c1-16(2,3)11-6-12-4-7-13(8-5-12)14-9-10-15-13/h12H,4-11H2,1-3H3. The van der Waals surface area contributed by atoms with Crippen molar-refractivity contribution in [1.82, 2.24) is 0 Å². The first-order valence-corrected chi connectivity index (χ1v) is 10.5. The summed E-state index contributed by atoms with van der Waals surface area (Å²) in [6.07, 6.45) is 6.31. The van der Waals surface area contributed by atoms with Crippen LogP contribution in [0.2, 0.25) is 25.7 Å². The molecule has 0 bridgehead atoms. The highest BCUT2D eigenvalue weighted by Gasteiger charge is 2.40. The van der Waals surface area contributed by atoms with Gasteiger partial charge in [-0.1, -0.05) is 32.1 Å². The minimum absolute atomic E-state index is 0.157. The summed E-state index contributed by atoms with van der Waals surface area (Å²) in [5, 5.41) is 0. The van der Waals surface area contributed by atoms with Crippen LogP contribution in [0.1, 0.15) is 32.1 Å². The van der Waals surface area contributed by atoms with Crippen LogP contribution in [0.15, 0.2) is 0 Å². The third kappa shape index (κ3) is 3.31. The van der Waals surface area contributed by atoms with Gasteiger partial charge in [-0.25, -0.2) is 0 Å². The summed E-state index contributed by atoms with van der Waals surface area (Å²) < 4.78 is 11.5. The van der Waals surface area contributed by atoms with Crippen molar-refractivity contribution in [1.29, 1.82) is 0 Å². The lowest BCUT2D eigenvalue weighted by atomic mass is 9.84. The summed E-state index contributed by atoms with van der Waals surface area (Å²) >= 11 is 0. The molecule has 1 saturated heterocycles. The molecule has 1 aliphatic carbocycles. The van der Waals surface area contributed by atoms with Crippen molar-refractivity contribution < 1.29 is 9.47 Å². The Balaban J connectivity index is 1.73. The summed E-state index contributed by atoms with van der Waals surface area (Å²) in [6.45, 7) is 9.03. The first kappa shape index (κ1) is 12.6. The van der Waals surface area contributed by atoms with E-state index in [1.54, 1.807) is 0 Å². The van der Waals surface area contributed by atoms with Gasteiger partial charge in [-0.05, 0) is 18.8 Å². The molecule has 0 N–H and O–H groups in total. The summed E-state index contributed by atoms with van der Waals surface area (Å²) in [5.74, 6) is 0.778. The summed E-state index contributed by atoms with van der Waals surface area (Å²) in [6, 6.07) is 1.48. The quantitative estimate of drug-likeness (QED) is 0.703.